The van der Waals surface area contributed by atoms with Crippen molar-refractivity contribution in [2.45, 2.75) is 143 Å². The van der Waals surface area contributed by atoms with E-state index in [2.05, 4.69) is 18.4 Å². The van der Waals surface area contributed by atoms with E-state index < -0.39 is 6.09 Å². The molecule has 7 nitrogen and oxygen atoms in total. The summed E-state index contributed by atoms with van der Waals surface area (Å²) in [6.07, 6.45) is 22.0. The first-order valence-electron chi connectivity index (χ1n) is 16.7. The van der Waals surface area contributed by atoms with E-state index in [0.29, 0.717) is 19.1 Å². The number of hydrogen-bond donors (Lipinski definition) is 0. The lowest BCUT2D eigenvalue weighted by atomic mass is 10.0. The number of carbonyl (C=O) groups is 2. The van der Waals surface area contributed by atoms with Gasteiger partial charge in [-0.05, 0) is 12.8 Å². The number of rotatable bonds is 23. The normalized spacial score (nSPS) is 16.3. The van der Waals surface area contributed by atoms with Crippen LogP contribution >= 0.6 is 0 Å². The third-order valence-electron chi connectivity index (χ3n) is 7.97. The molecule has 242 valence electrons. The topological polar surface area (TPSA) is 69.0 Å². The van der Waals surface area contributed by atoms with E-state index in [1.807, 2.05) is 24.4 Å². The highest BCUT2D eigenvalue weighted by Crippen LogP contribution is 2.21. The molecule has 0 spiro atoms. The summed E-state index contributed by atoms with van der Waals surface area (Å²) < 4.78 is 19.3. The molecule has 1 aromatic rings. The van der Waals surface area contributed by atoms with Gasteiger partial charge in [0.05, 0.1) is 19.3 Å². The molecular weight excluding hydrogens is 552 g/mol. The van der Waals surface area contributed by atoms with Crippen LogP contribution < -0.4 is 17.0 Å². The average molecular weight is 611 g/mol. The maximum Gasteiger partial charge on any atom is 0.417 e. The van der Waals surface area contributed by atoms with Gasteiger partial charge in [-0.25, -0.2) is 14.3 Å². The van der Waals surface area contributed by atoms with Gasteiger partial charge in [-0.3, -0.25) is 4.79 Å². The smallest absolute Gasteiger partial charge is 0.417 e. The number of carbonyl (C=O) groups excluding carboxylic acids is 2. The monoisotopic (exact) mass is 610 g/mol. The number of unbranched alkanes of at least 4 members (excludes halogenated alkanes) is 13. The lowest BCUT2D eigenvalue weighted by molar-refractivity contribution is -0.704. The third kappa shape index (κ3) is 16.8. The number of aryl methyl sites for hydroxylation is 1. The van der Waals surface area contributed by atoms with E-state index in [1.54, 1.807) is 0 Å². The van der Waals surface area contributed by atoms with Crippen molar-refractivity contribution >= 4 is 12.0 Å². The van der Waals surface area contributed by atoms with Crippen LogP contribution in [0.5, 0.6) is 0 Å². The summed E-state index contributed by atoms with van der Waals surface area (Å²) in [5, 5.41) is 0. The highest BCUT2D eigenvalue weighted by atomic mass is 35.5. The lowest BCUT2D eigenvalue weighted by Crippen LogP contribution is -3.00. The van der Waals surface area contributed by atoms with Crippen LogP contribution in [0.15, 0.2) is 24.4 Å². The van der Waals surface area contributed by atoms with Gasteiger partial charge < -0.3 is 26.6 Å². The van der Waals surface area contributed by atoms with Gasteiger partial charge in [0.2, 0.25) is 11.6 Å². The zero-order chi connectivity index (χ0) is 29.5. The molecule has 2 heterocycles. The standard InChI is InChI=1S/C34H59N2O5.ClH/c1-4-6-7-8-9-10-11-12-13-14-15-16-17-20-24-39-27-31-25-33(40-28-31)29-41-34(38)36(30(3)37)26-32-21-18-19-23-35(32)22-5-2;/h18-19,21,23,31,33H,4-17,20,22,24-29H2,1-3H3;1H/q+1;/p-1/t31-,33-;/m0./s1. The molecule has 1 aliphatic heterocycles. The van der Waals surface area contributed by atoms with Crippen molar-refractivity contribution in [2.24, 2.45) is 5.92 Å². The second kappa shape index (κ2) is 24.7. The number of halogens is 1. The van der Waals surface area contributed by atoms with Crippen LogP contribution in [0.2, 0.25) is 0 Å². The van der Waals surface area contributed by atoms with Gasteiger partial charge in [-0.1, -0.05) is 103 Å². The number of amides is 2. The van der Waals surface area contributed by atoms with Crippen molar-refractivity contribution in [3.8, 4) is 0 Å². The van der Waals surface area contributed by atoms with Crippen LogP contribution in [0, 0.1) is 5.92 Å². The zero-order valence-corrected chi connectivity index (χ0v) is 27.6. The van der Waals surface area contributed by atoms with Gasteiger partial charge in [0.15, 0.2) is 6.20 Å². The number of nitrogens with zero attached hydrogens (tertiary/aromatic N) is 2. The van der Waals surface area contributed by atoms with Crippen molar-refractivity contribution in [1.29, 1.82) is 0 Å². The van der Waals surface area contributed by atoms with Gasteiger partial charge >= 0.3 is 6.09 Å². The third-order valence-corrected chi connectivity index (χ3v) is 7.97. The quantitative estimate of drug-likeness (QED) is 0.132. The minimum absolute atomic E-state index is 0. The molecule has 0 N–H and O–H groups in total. The number of hydrogen-bond acceptors (Lipinski definition) is 5. The molecule has 1 saturated heterocycles. The van der Waals surface area contributed by atoms with Crippen LogP contribution in [0.1, 0.15) is 129 Å². The summed E-state index contributed by atoms with van der Waals surface area (Å²) >= 11 is 0. The van der Waals surface area contributed by atoms with Crippen LogP contribution in [0.25, 0.3) is 0 Å². The number of pyridine rings is 1. The summed E-state index contributed by atoms with van der Waals surface area (Å²) in [5.41, 5.74) is 0.898. The number of aromatic nitrogens is 1. The number of ether oxygens (including phenoxy) is 3. The molecule has 8 heteroatoms. The molecular formula is C34H59ClN2O5. The van der Waals surface area contributed by atoms with Gasteiger partial charge in [0.25, 0.3) is 0 Å². The fraction of sp³-hybridized carbons (Fsp3) is 0.794. The molecule has 0 saturated carbocycles. The average Bonchev–Trinajstić information content (AvgIpc) is 3.43. The Labute approximate surface area is 262 Å². The molecule has 0 aromatic carbocycles. The van der Waals surface area contributed by atoms with Crippen LogP contribution in [-0.4, -0.2) is 49.4 Å². The fourth-order valence-corrected chi connectivity index (χ4v) is 5.48. The zero-order valence-electron chi connectivity index (χ0n) is 26.8. The van der Waals surface area contributed by atoms with E-state index in [9.17, 15) is 9.59 Å². The Bertz CT molecular complexity index is 840. The molecule has 42 heavy (non-hydrogen) atoms. The van der Waals surface area contributed by atoms with Gasteiger partial charge in [-0.2, -0.15) is 0 Å². The van der Waals surface area contributed by atoms with Crippen molar-refractivity contribution < 1.29 is 40.8 Å². The van der Waals surface area contributed by atoms with Crippen molar-refractivity contribution in [1.82, 2.24) is 4.90 Å². The second-order valence-electron chi connectivity index (χ2n) is 11.8. The predicted molar refractivity (Wildman–Crippen MR) is 163 cm³/mol. The van der Waals surface area contributed by atoms with Crippen molar-refractivity contribution in [2.75, 3.05) is 26.4 Å². The SMILES string of the molecule is CCCCCCCCCCCCCCCCOC[C@H]1CO[C@H](COC(=O)N(Cc2cccc[n+]2CCC)C(C)=O)C1.[Cl-]. The second-order valence-corrected chi connectivity index (χ2v) is 11.8. The van der Waals surface area contributed by atoms with Gasteiger partial charge in [-0.15, -0.1) is 0 Å². The summed E-state index contributed by atoms with van der Waals surface area (Å²) in [5.74, 6) is -0.00408. The highest BCUT2D eigenvalue weighted by molar-refractivity contribution is 5.90. The molecule has 0 aliphatic carbocycles. The van der Waals surface area contributed by atoms with Gasteiger partial charge in [0.1, 0.15) is 19.7 Å². The Morgan fingerprint density at radius 1 is 0.881 bits per heavy atom. The summed E-state index contributed by atoms with van der Waals surface area (Å²) in [7, 11) is 0. The van der Waals surface area contributed by atoms with E-state index in [0.717, 1.165) is 43.0 Å². The van der Waals surface area contributed by atoms with E-state index in [1.165, 1.54) is 90.4 Å². The maximum absolute atomic E-state index is 12.7. The Morgan fingerprint density at radius 3 is 2.10 bits per heavy atom. The van der Waals surface area contributed by atoms with E-state index in [4.69, 9.17) is 14.2 Å². The fourth-order valence-electron chi connectivity index (χ4n) is 5.48. The Kier molecular flexibility index (Phi) is 22.5. The highest BCUT2D eigenvalue weighted by Gasteiger charge is 2.29. The summed E-state index contributed by atoms with van der Waals surface area (Å²) in [4.78, 5) is 26.1. The molecule has 2 atom stereocenters. The molecule has 1 aliphatic rings. The first-order chi connectivity index (χ1) is 20.0. The maximum atomic E-state index is 12.7. The first kappa shape index (κ1) is 38.3. The first-order valence-corrected chi connectivity index (χ1v) is 16.7. The van der Waals surface area contributed by atoms with Crippen molar-refractivity contribution in [3.05, 3.63) is 30.1 Å². The summed E-state index contributed by atoms with van der Waals surface area (Å²) in [6, 6.07) is 5.80. The molecule has 1 aromatic heterocycles. The Morgan fingerprint density at radius 2 is 1.50 bits per heavy atom. The van der Waals surface area contributed by atoms with E-state index >= 15 is 0 Å². The minimum Gasteiger partial charge on any atom is -1.00 e. The minimum atomic E-state index is -0.620. The van der Waals surface area contributed by atoms with Crippen LogP contribution in [-0.2, 0) is 32.1 Å². The molecule has 1 fully saturated rings. The molecule has 2 amide bonds. The summed E-state index contributed by atoms with van der Waals surface area (Å²) in [6.45, 7) is 9.06. The Hall–Kier alpha value is -1.70. The molecule has 0 radical (unpaired) electrons. The molecule has 0 bridgehead atoms. The van der Waals surface area contributed by atoms with Crippen LogP contribution in [0.3, 0.4) is 0 Å². The van der Waals surface area contributed by atoms with Crippen LogP contribution in [0.4, 0.5) is 4.79 Å². The number of imide groups is 1. The predicted octanol–water partition coefficient (Wildman–Crippen LogP) is 4.78. The molecule has 0 unspecified atom stereocenters. The Balaban J connectivity index is 0.00000882. The van der Waals surface area contributed by atoms with E-state index in [-0.39, 0.29) is 37.6 Å². The largest absolute Gasteiger partial charge is 1.00 e. The lowest BCUT2D eigenvalue weighted by Gasteiger charge is -2.19. The van der Waals surface area contributed by atoms with Gasteiger partial charge in [0, 0.05) is 38.0 Å². The van der Waals surface area contributed by atoms with Crippen molar-refractivity contribution in [3.63, 3.8) is 0 Å². The molecule has 2 rings (SSSR count).